The zero-order valence-corrected chi connectivity index (χ0v) is 22.0. The number of rotatable bonds is 16. The first-order chi connectivity index (χ1) is 17.7. The van der Waals surface area contributed by atoms with Crippen LogP contribution < -0.4 is 10.6 Å². The van der Waals surface area contributed by atoms with E-state index in [-0.39, 0.29) is 12.5 Å². The van der Waals surface area contributed by atoms with Gasteiger partial charge in [0, 0.05) is 5.69 Å². The highest BCUT2D eigenvalue weighted by molar-refractivity contribution is 5.91. The standard InChI is InChI=1S/C32H42N2O2/c1-3-5-11-26-16-17-29(30(23-26)10-4-2)19-21-33-20-18-27-12-9-13-28(22-27)24-36-25-32(35)34-31-14-7-6-8-15-31/h6-9,12-17,22-23,33H,3-5,10-11,18-21,24-25H2,1-2H3,(H,34,35). The van der Waals surface area contributed by atoms with Crippen LogP contribution in [0.2, 0.25) is 0 Å². The molecule has 0 fully saturated rings. The van der Waals surface area contributed by atoms with Gasteiger partial charge in [-0.1, -0.05) is 87.4 Å². The fourth-order valence-corrected chi connectivity index (χ4v) is 4.40. The highest BCUT2D eigenvalue weighted by atomic mass is 16.5. The minimum atomic E-state index is -0.140. The lowest BCUT2D eigenvalue weighted by Crippen LogP contribution is -2.20. The Morgan fingerprint density at radius 2 is 1.50 bits per heavy atom. The van der Waals surface area contributed by atoms with Crippen LogP contribution in [-0.4, -0.2) is 25.6 Å². The summed E-state index contributed by atoms with van der Waals surface area (Å²) in [5, 5.41) is 6.46. The maximum atomic E-state index is 12.0. The topological polar surface area (TPSA) is 50.4 Å². The molecule has 3 aromatic carbocycles. The summed E-state index contributed by atoms with van der Waals surface area (Å²) in [7, 11) is 0. The van der Waals surface area contributed by atoms with E-state index in [2.05, 4.69) is 60.9 Å². The largest absolute Gasteiger partial charge is 0.367 e. The molecule has 4 heteroatoms. The molecule has 0 aromatic heterocycles. The normalized spacial score (nSPS) is 10.9. The minimum absolute atomic E-state index is 0.0419. The Bertz CT molecular complexity index is 1050. The quantitative estimate of drug-likeness (QED) is 0.227. The summed E-state index contributed by atoms with van der Waals surface area (Å²) in [6.07, 6.45) is 8.10. The van der Waals surface area contributed by atoms with Gasteiger partial charge < -0.3 is 15.4 Å². The van der Waals surface area contributed by atoms with Crippen molar-refractivity contribution >= 4 is 11.6 Å². The summed E-state index contributed by atoms with van der Waals surface area (Å²) in [5.41, 5.74) is 7.65. The van der Waals surface area contributed by atoms with Gasteiger partial charge in [-0.3, -0.25) is 4.79 Å². The molecule has 36 heavy (non-hydrogen) atoms. The molecule has 0 spiro atoms. The van der Waals surface area contributed by atoms with E-state index in [1.54, 1.807) is 0 Å². The third kappa shape index (κ3) is 9.96. The van der Waals surface area contributed by atoms with E-state index >= 15 is 0 Å². The number of benzene rings is 3. The molecule has 2 N–H and O–H groups in total. The van der Waals surface area contributed by atoms with Crippen LogP contribution in [0.4, 0.5) is 5.69 Å². The van der Waals surface area contributed by atoms with Gasteiger partial charge in [-0.2, -0.15) is 0 Å². The molecular formula is C32H42N2O2. The second-order valence-corrected chi connectivity index (χ2v) is 9.43. The Morgan fingerprint density at radius 1 is 0.722 bits per heavy atom. The number of hydrogen-bond acceptors (Lipinski definition) is 3. The van der Waals surface area contributed by atoms with Crippen molar-refractivity contribution in [3.8, 4) is 0 Å². The molecule has 0 bridgehead atoms. The number of carbonyl (C=O) groups excluding carboxylic acids is 1. The molecule has 0 aliphatic rings. The molecule has 192 valence electrons. The zero-order valence-electron chi connectivity index (χ0n) is 22.0. The zero-order chi connectivity index (χ0) is 25.4. The third-order valence-electron chi connectivity index (χ3n) is 6.32. The van der Waals surface area contributed by atoms with Gasteiger partial charge in [0.25, 0.3) is 0 Å². The van der Waals surface area contributed by atoms with E-state index in [0.29, 0.717) is 6.61 Å². The molecule has 0 aliphatic carbocycles. The van der Waals surface area contributed by atoms with Crippen LogP contribution in [0, 0.1) is 0 Å². The lowest BCUT2D eigenvalue weighted by atomic mass is 9.96. The number of ether oxygens (including phenoxy) is 1. The first kappa shape index (κ1) is 27.6. The monoisotopic (exact) mass is 486 g/mol. The van der Waals surface area contributed by atoms with Crippen molar-refractivity contribution in [2.24, 2.45) is 0 Å². The molecule has 3 aromatic rings. The molecule has 0 unspecified atom stereocenters. The highest BCUT2D eigenvalue weighted by Crippen LogP contribution is 2.17. The maximum Gasteiger partial charge on any atom is 0.250 e. The lowest BCUT2D eigenvalue weighted by Gasteiger charge is -2.12. The first-order valence-electron chi connectivity index (χ1n) is 13.5. The molecule has 1 amide bonds. The minimum Gasteiger partial charge on any atom is -0.367 e. The second kappa shape index (κ2) is 15.9. The van der Waals surface area contributed by atoms with Crippen LogP contribution in [-0.2, 0) is 41.8 Å². The van der Waals surface area contributed by atoms with Crippen molar-refractivity contribution in [3.63, 3.8) is 0 Å². The second-order valence-electron chi connectivity index (χ2n) is 9.43. The Balaban J connectivity index is 1.37. The van der Waals surface area contributed by atoms with E-state index in [1.807, 2.05) is 36.4 Å². The lowest BCUT2D eigenvalue weighted by molar-refractivity contribution is -0.121. The number of para-hydroxylation sites is 1. The van der Waals surface area contributed by atoms with Gasteiger partial charge in [0.1, 0.15) is 6.61 Å². The Labute approximate surface area is 217 Å². The summed E-state index contributed by atoms with van der Waals surface area (Å²) < 4.78 is 5.63. The summed E-state index contributed by atoms with van der Waals surface area (Å²) >= 11 is 0. The third-order valence-corrected chi connectivity index (χ3v) is 6.32. The summed E-state index contributed by atoms with van der Waals surface area (Å²) in [6.45, 7) is 6.93. The van der Waals surface area contributed by atoms with Gasteiger partial charge in [0.15, 0.2) is 0 Å². The number of aryl methyl sites for hydroxylation is 2. The van der Waals surface area contributed by atoms with E-state index in [4.69, 9.17) is 4.74 Å². The number of amides is 1. The Kier molecular flexibility index (Phi) is 12.2. The van der Waals surface area contributed by atoms with Crippen LogP contribution in [0.5, 0.6) is 0 Å². The van der Waals surface area contributed by atoms with Crippen LogP contribution in [0.15, 0.2) is 72.8 Å². The van der Waals surface area contributed by atoms with Crippen LogP contribution in [0.1, 0.15) is 60.9 Å². The number of hydrogen-bond donors (Lipinski definition) is 2. The molecular weight excluding hydrogens is 444 g/mol. The maximum absolute atomic E-state index is 12.0. The molecule has 0 heterocycles. The predicted molar refractivity (Wildman–Crippen MR) is 150 cm³/mol. The van der Waals surface area contributed by atoms with Crippen molar-refractivity contribution in [1.29, 1.82) is 0 Å². The van der Waals surface area contributed by atoms with E-state index < -0.39 is 0 Å². The molecule has 4 nitrogen and oxygen atoms in total. The Morgan fingerprint density at radius 3 is 2.31 bits per heavy atom. The molecule has 0 atom stereocenters. The fraction of sp³-hybridized carbons (Fsp3) is 0.406. The van der Waals surface area contributed by atoms with Crippen LogP contribution in [0.25, 0.3) is 0 Å². The SMILES string of the molecule is CCCCc1ccc(CCNCCc2cccc(COCC(=O)Nc3ccccc3)c2)c(CCC)c1. The van der Waals surface area contributed by atoms with Gasteiger partial charge in [0.2, 0.25) is 5.91 Å². The van der Waals surface area contributed by atoms with Crippen molar-refractivity contribution in [2.75, 3.05) is 25.0 Å². The van der Waals surface area contributed by atoms with Gasteiger partial charge in [-0.05, 0) is 85.1 Å². The van der Waals surface area contributed by atoms with Gasteiger partial charge in [-0.25, -0.2) is 0 Å². The smallest absolute Gasteiger partial charge is 0.250 e. The average Bonchev–Trinajstić information content (AvgIpc) is 2.89. The van der Waals surface area contributed by atoms with Crippen molar-refractivity contribution in [2.45, 2.75) is 65.4 Å². The van der Waals surface area contributed by atoms with Crippen LogP contribution >= 0.6 is 0 Å². The summed E-state index contributed by atoms with van der Waals surface area (Å²) in [5.74, 6) is -0.140. The van der Waals surface area contributed by atoms with E-state index in [0.717, 1.165) is 43.6 Å². The van der Waals surface area contributed by atoms with Crippen molar-refractivity contribution in [1.82, 2.24) is 5.32 Å². The average molecular weight is 487 g/mol. The van der Waals surface area contributed by atoms with Gasteiger partial charge in [0.05, 0.1) is 6.61 Å². The first-order valence-corrected chi connectivity index (χ1v) is 13.5. The van der Waals surface area contributed by atoms with Gasteiger partial charge >= 0.3 is 0 Å². The molecule has 0 radical (unpaired) electrons. The number of anilines is 1. The number of nitrogens with one attached hydrogen (secondary N) is 2. The highest BCUT2D eigenvalue weighted by Gasteiger charge is 2.05. The van der Waals surface area contributed by atoms with Gasteiger partial charge in [-0.15, -0.1) is 0 Å². The molecule has 0 aliphatic heterocycles. The van der Waals surface area contributed by atoms with Crippen LogP contribution in [0.3, 0.4) is 0 Å². The fourth-order valence-electron chi connectivity index (χ4n) is 4.40. The number of carbonyl (C=O) groups is 1. The Hall–Kier alpha value is -2.95. The molecule has 3 rings (SSSR count). The van der Waals surface area contributed by atoms with Crippen molar-refractivity contribution < 1.29 is 9.53 Å². The summed E-state index contributed by atoms with van der Waals surface area (Å²) in [6, 6.07) is 25.0. The summed E-state index contributed by atoms with van der Waals surface area (Å²) in [4.78, 5) is 12.0. The number of unbranched alkanes of at least 4 members (excludes halogenated alkanes) is 1. The van der Waals surface area contributed by atoms with E-state index in [1.165, 1.54) is 47.9 Å². The predicted octanol–water partition coefficient (Wildman–Crippen LogP) is 6.51. The van der Waals surface area contributed by atoms with Crippen molar-refractivity contribution in [3.05, 3.63) is 101 Å². The molecule has 0 saturated carbocycles. The van der Waals surface area contributed by atoms with E-state index in [9.17, 15) is 4.79 Å². The molecule has 0 saturated heterocycles.